The molecule has 1 aliphatic rings. The van der Waals surface area contributed by atoms with Crippen molar-refractivity contribution in [1.29, 1.82) is 0 Å². The van der Waals surface area contributed by atoms with E-state index < -0.39 is 11.9 Å². The van der Waals surface area contributed by atoms with E-state index >= 15 is 0 Å². The molecule has 35 heavy (non-hydrogen) atoms. The first-order valence-corrected chi connectivity index (χ1v) is 11.9. The molecule has 4 rings (SSSR count). The molecule has 1 N–H and O–H groups in total. The minimum atomic E-state index is -0.537. The zero-order valence-corrected chi connectivity index (χ0v) is 20.9. The Labute approximate surface area is 211 Å². The number of carbonyl (C=O) groups excluding carboxylic acids is 2. The van der Waals surface area contributed by atoms with Crippen molar-refractivity contribution in [3.05, 3.63) is 98.9 Å². The van der Waals surface area contributed by atoms with Gasteiger partial charge in [0.1, 0.15) is 18.1 Å². The molecule has 3 aromatic rings. The van der Waals surface area contributed by atoms with Crippen LogP contribution in [0.2, 0.25) is 0 Å². The zero-order valence-electron chi connectivity index (χ0n) is 19.3. The van der Waals surface area contributed by atoms with Crippen LogP contribution in [-0.4, -0.2) is 23.4 Å². The number of rotatable bonds is 8. The Morgan fingerprint density at radius 1 is 1.00 bits per heavy atom. The second kappa shape index (κ2) is 10.7. The van der Waals surface area contributed by atoms with Gasteiger partial charge in [0, 0.05) is 4.47 Å². The van der Waals surface area contributed by atoms with Crippen LogP contribution in [0.25, 0.3) is 6.08 Å². The van der Waals surface area contributed by atoms with Crippen molar-refractivity contribution in [2.24, 2.45) is 0 Å². The van der Waals surface area contributed by atoms with Crippen LogP contribution >= 0.6 is 15.9 Å². The fourth-order valence-corrected chi connectivity index (χ4v) is 4.09. The number of nitrogens with zero attached hydrogens (tertiary/aromatic N) is 1. The van der Waals surface area contributed by atoms with E-state index in [1.807, 2.05) is 32.0 Å². The lowest BCUT2D eigenvalue weighted by atomic mass is 10.1. The number of benzene rings is 3. The second-order valence-electron chi connectivity index (χ2n) is 8.04. The molecule has 0 aromatic heterocycles. The molecule has 3 amide bonds. The number of imide groups is 1. The van der Waals surface area contributed by atoms with Gasteiger partial charge in [0.2, 0.25) is 0 Å². The second-order valence-corrected chi connectivity index (χ2v) is 8.89. The number of aryl methyl sites for hydroxylation is 1. The molecule has 0 bridgehead atoms. The lowest BCUT2D eigenvalue weighted by Gasteiger charge is -2.14. The molecule has 0 atom stereocenters. The fraction of sp³-hybridized carbons (Fsp3) is 0.185. The molecule has 1 saturated heterocycles. The Morgan fingerprint density at radius 2 is 1.74 bits per heavy atom. The summed E-state index contributed by atoms with van der Waals surface area (Å²) in [6.07, 6.45) is 1.59. The molecule has 0 aliphatic carbocycles. The van der Waals surface area contributed by atoms with Crippen molar-refractivity contribution in [2.45, 2.75) is 27.0 Å². The largest absolute Gasteiger partial charge is 0.490 e. The van der Waals surface area contributed by atoms with Gasteiger partial charge in [-0.1, -0.05) is 57.9 Å². The maximum Gasteiger partial charge on any atom is 0.329 e. The van der Waals surface area contributed by atoms with E-state index in [1.165, 1.54) is 24.3 Å². The Hall–Kier alpha value is -3.65. The number of hydrogen-bond acceptors (Lipinski definition) is 4. The van der Waals surface area contributed by atoms with E-state index in [2.05, 4.69) is 27.3 Å². The van der Waals surface area contributed by atoms with Crippen molar-refractivity contribution in [2.75, 3.05) is 6.61 Å². The average Bonchev–Trinajstić information content (AvgIpc) is 3.09. The van der Waals surface area contributed by atoms with Crippen molar-refractivity contribution < 1.29 is 23.5 Å². The van der Waals surface area contributed by atoms with Crippen molar-refractivity contribution >= 4 is 33.9 Å². The van der Waals surface area contributed by atoms with Crippen LogP contribution in [-0.2, 0) is 17.9 Å². The first kappa shape index (κ1) is 24.5. The first-order chi connectivity index (χ1) is 16.8. The van der Waals surface area contributed by atoms with Crippen molar-refractivity contribution in [3.63, 3.8) is 0 Å². The van der Waals surface area contributed by atoms with Crippen LogP contribution in [0.1, 0.15) is 29.2 Å². The van der Waals surface area contributed by atoms with Crippen LogP contribution in [0, 0.1) is 12.7 Å². The summed E-state index contributed by atoms with van der Waals surface area (Å²) >= 11 is 3.54. The topological polar surface area (TPSA) is 67.9 Å². The highest BCUT2D eigenvalue weighted by molar-refractivity contribution is 9.10. The monoisotopic (exact) mass is 538 g/mol. The Bertz CT molecular complexity index is 1290. The normalized spacial score (nSPS) is 14.4. The van der Waals surface area contributed by atoms with Crippen LogP contribution in [0.5, 0.6) is 11.5 Å². The molecule has 1 aliphatic heterocycles. The van der Waals surface area contributed by atoms with Crippen LogP contribution in [0.15, 0.2) is 70.8 Å². The van der Waals surface area contributed by atoms with Crippen molar-refractivity contribution in [1.82, 2.24) is 10.2 Å². The predicted molar refractivity (Wildman–Crippen MR) is 134 cm³/mol. The van der Waals surface area contributed by atoms with Gasteiger partial charge < -0.3 is 14.8 Å². The first-order valence-electron chi connectivity index (χ1n) is 11.1. The van der Waals surface area contributed by atoms with Gasteiger partial charge in [-0.25, -0.2) is 9.18 Å². The molecule has 0 radical (unpaired) electrons. The zero-order chi connectivity index (χ0) is 24.9. The van der Waals surface area contributed by atoms with E-state index in [4.69, 9.17) is 9.47 Å². The molecule has 8 heteroatoms. The number of carbonyl (C=O) groups is 2. The van der Waals surface area contributed by atoms with E-state index in [0.29, 0.717) is 40.3 Å². The summed E-state index contributed by atoms with van der Waals surface area (Å²) in [4.78, 5) is 26.4. The van der Waals surface area contributed by atoms with Gasteiger partial charge in [0.25, 0.3) is 5.91 Å². The van der Waals surface area contributed by atoms with Crippen molar-refractivity contribution in [3.8, 4) is 11.5 Å². The van der Waals surface area contributed by atoms with E-state index in [9.17, 15) is 14.0 Å². The Morgan fingerprint density at radius 3 is 2.46 bits per heavy atom. The highest BCUT2D eigenvalue weighted by Crippen LogP contribution is 2.36. The number of amides is 3. The lowest BCUT2D eigenvalue weighted by Crippen LogP contribution is -2.30. The van der Waals surface area contributed by atoms with Gasteiger partial charge in [-0.3, -0.25) is 9.69 Å². The summed E-state index contributed by atoms with van der Waals surface area (Å²) in [5.74, 6) is 0.231. The molecule has 3 aromatic carbocycles. The predicted octanol–water partition coefficient (Wildman–Crippen LogP) is 5.97. The summed E-state index contributed by atoms with van der Waals surface area (Å²) in [5.41, 5.74) is 3.61. The maximum absolute atomic E-state index is 13.2. The van der Waals surface area contributed by atoms with Gasteiger partial charge in [0.05, 0.1) is 13.2 Å². The van der Waals surface area contributed by atoms with Crippen LogP contribution < -0.4 is 14.8 Å². The molecule has 0 spiro atoms. The number of urea groups is 1. The van der Waals surface area contributed by atoms with Gasteiger partial charge in [-0.15, -0.1) is 0 Å². The Kier molecular flexibility index (Phi) is 7.51. The van der Waals surface area contributed by atoms with Gasteiger partial charge in [-0.05, 0) is 60.9 Å². The number of halogens is 2. The molecular formula is C27H24BrFN2O4. The molecule has 180 valence electrons. The number of ether oxygens (including phenoxy) is 2. The molecule has 0 saturated carbocycles. The molecular weight excluding hydrogens is 515 g/mol. The van der Waals surface area contributed by atoms with Gasteiger partial charge >= 0.3 is 6.03 Å². The summed E-state index contributed by atoms with van der Waals surface area (Å²) in [6, 6.07) is 16.7. The third-order valence-corrected chi connectivity index (χ3v) is 6.04. The summed E-state index contributed by atoms with van der Waals surface area (Å²) < 4.78 is 25.6. The van der Waals surface area contributed by atoms with E-state index in [0.717, 1.165) is 16.0 Å². The Balaban J connectivity index is 1.55. The minimum Gasteiger partial charge on any atom is -0.490 e. The summed E-state index contributed by atoms with van der Waals surface area (Å²) in [5, 5.41) is 2.61. The van der Waals surface area contributed by atoms with Gasteiger partial charge in [-0.2, -0.15) is 0 Å². The minimum absolute atomic E-state index is 0.0411. The third kappa shape index (κ3) is 5.89. The standard InChI is InChI=1S/C27H24BrFN2O4/c1-3-34-24-13-20(22(28)14-25(24)35-16-19-6-4-5-17(2)11-19)12-23-26(32)31(27(33)30-23)15-18-7-9-21(29)10-8-18/h4-14H,3,15-16H2,1-2H3,(H,30,33)/b23-12+. The lowest BCUT2D eigenvalue weighted by molar-refractivity contribution is -0.123. The van der Waals surface area contributed by atoms with Gasteiger partial charge in [0.15, 0.2) is 11.5 Å². The molecule has 0 unspecified atom stereocenters. The van der Waals surface area contributed by atoms with E-state index in [1.54, 1.807) is 18.2 Å². The SMILES string of the molecule is CCOc1cc(/C=C2/NC(=O)N(Cc3ccc(F)cc3)C2=O)c(Br)cc1OCc1cccc(C)c1. The average molecular weight is 539 g/mol. The number of nitrogens with one attached hydrogen (secondary N) is 1. The maximum atomic E-state index is 13.2. The molecule has 1 heterocycles. The summed E-state index contributed by atoms with van der Waals surface area (Å²) in [7, 11) is 0. The number of hydrogen-bond donors (Lipinski definition) is 1. The molecule has 6 nitrogen and oxygen atoms in total. The quantitative estimate of drug-likeness (QED) is 0.283. The van der Waals surface area contributed by atoms with E-state index in [-0.39, 0.29) is 18.1 Å². The third-order valence-electron chi connectivity index (χ3n) is 5.36. The molecule has 1 fully saturated rings. The van der Waals surface area contributed by atoms with Crippen LogP contribution in [0.3, 0.4) is 0 Å². The summed E-state index contributed by atoms with van der Waals surface area (Å²) in [6.45, 7) is 4.75. The fourth-order valence-electron chi connectivity index (χ4n) is 3.65. The smallest absolute Gasteiger partial charge is 0.329 e. The highest BCUT2D eigenvalue weighted by Gasteiger charge is 2.33. The van der Waals surface area contributed by atoms with Crippen LogP contribution in [0.4, 0.5) is 9.18 Å². The highest BCUT2D eigenvalue weighted by atomic mass is 79.9.